The Morgan fingerprint density at radius 1 is 1.05 bits per heavy atom. The first-order valence-corrected chi connectivity index (χ1v) is 12.3. The molecule has 0 radical (unpaired) electrons. The van der Waals surface area contributed by atoms with E-state index in [0.717, 1.165) is 48.4 Å². The molecule has 8 heteroatoms. The van der Waals surface area contributed by atoms with Crippen molar-refractivity contribution in [3.05, 3.63) is 87.8 Å². The molecule has 0 spiro atoms. The molecule has 1 N–H and O–H groups in total. The lowest BCUT2D eigenvalue weighted by Gasteiger charge is -2.34. The molecule has 0 amide bonds. The number of hydrogen-bond donors (Lipinski definition) is 1. The highest BCUT2D eigenvalue weighted by Gasteiger charge is 2.15. The molecule has 37 heavy (non-hydrogen) atoms. The average Bonchev–Trinajstić information content (AvgIpc) is 2.91. The molecule has 188 valence electrons. The summed E-state index contributed by atoms with van der Waals surface area (Å²) in [5.41, 5.74) is 4.89. The fourth-order valence-electron chi connectivity index (χ4n) is 4.47. The topological polar surface area (TPSA) is 75.5 Å². The summed E-state index contributed by atoms with van der Waals surface area (Å²) in [6.07, 6.45) is 4.24. The number of aryl methyl sites for hydroxylation is 1. The monoisotopic (exact) mass is 494 g/mol. The lowest BCUT2D eigenvalue weighted by Crippen LogP contribution is -2.44. The molecule has 0 saturated carbocycles. The van der Waals surface area contributed by atoms with Crippen molar-refractivity contribution in [1.82, 2.24) is 19.4 Å². The van der Waals surface area contributed by atoms with Gasteiger partial charge in [-0.05, 0) is 61.4 Å². The molecule has 2 aromatic heterocycles. The Kier molecular flexibility index (Phi) is 7.06. The van der Waals surface area contributed by atoms with Crippen LogP contribution >= 0.6 is 0 Å². The molecule has 2 aromatic carbocycles. The molecular formula is C29H30N6O2. The van der Waals surface area contributed by atoms with E-state index in [2.05, 4.69) is 51.3 Å². The second-order valence-electron chi connectivity index (χ2n) is 9.24. The van der Waals surface area contributed by atoms with Crippen LogP contribution < -0.4 is 15.8 Å². The largest absolute Gasteiger partial charge is 0.450 e. The second kappa shape index (κ2) is 10.7. The van der Waals surface area contributed by atoms with Crippen LogP contribution in [0.3, 0.4) is 0 Å². The lowest BCUT2D eigenvalue weighted by molar-refractivity contribution is 0.313. The van der Waals surface area contributed by atoms with Gasteiger partial charge in [-0.1, -0.05) is 24.3 Å². The molecule has 4 aromatic rings. The SMILES string of the molecule is COC#Cc1cc2cnc(Nc3ccc(N4CCN(C)CC4)cc3)nc2n(Cc2ccccc2C)c1=O. The number of hydrogen-bond acceptors (Lipinski definition) is 7. The summed E-state index contributed by atoms with van der Waals surface area (Å²) in [6.45, 7) is 6.58. The number of nitrogens with zero attached hydrogens (tertiary/aromatic N) is 5. The van der Waals surface area contributed by atoms with Crippen LogP contribution in [-0.2, 0) is 11.3 Å². The van der Waals surface area contributed by atoms with Crippen LogP contribution in [0.2, 0.25) is 0 Å². The number of anilines is 3. The maximum Gasteiger partial charge on any atom is 0.268 e. The molecule has 1 aliphatic heterocycles. The number of ether oxygens (including phenoxy) is 1. The molecule has 1 fully saturated rings. The highest BCUT2D eigenvalue weighted by molar-refractivity contribution is 5.77. The van der Waals surface area contributed by atoms with Gasteiger partial charge in [-0.3, -0.25) is 9.36 Å². The fourth-order valence-corrected chi connectivity index (χ4v) is 4.47. The third kappa shape index (κ3) is 5.42. The highest BCUT2D eigenvalue weighted by atomic mass is 16.5. The second-order valence-corrected chi connectivity index (χ2v) is 9.24. The van der Waals surface area contributed by atoms with Gasteiger partial charge in [0.15, 0.2) is 0 Å². The fraction of sp³-hybridized carbons (Fsp3) is 0.276. The van der Waals surface area contributed by atoms with Gasteiger partial charge in [-0.25, -0.2) is 4.98 Å². The summed E-state index contributed by atoms with van der Waals surface area (Å²) in [7, 11) is 3.63. The van der Waals surface area contributed by atoms with Crippen LogP contribution in [0.5, 0.6) is 0 Å². The van der Waals surface area contributed by atoms with E-state index in [-0.39, 0.29) is 5.56 Å². The van der Waals surface area contributed by atoms with E-state index in [4.69, 9.17) is 9.72 Å². The zero-order chi connectivity index (χ0) is 25.8. The zero-order valence-electron chi connectivity index (χ0n) is 21.4. The van der Waals surface area contributed by atoms with Gasteiger partial charge in [0.05, 0.1) is 19.2 Å². The Bertz CT molecular complexity index is 1530. The third-order valence-electron chi connectivity index (χ3n) is 6.70. The molecule has 0 aliphatic carbocycles. The van der Waals surface area contributed by atoms with Gasteiger partial charge >= 0.3 is 0 Å². The average molecular weight is 495 g/mol. The maximum atomic E-state index is 13.4. The van der Waals surface area contributed by atoms with Crippen molar-refractivity contribution in [3.63, 3.8) is 0 Å². The quantitative estimate of drug-likeness (QED) is 0.425. The number of piperazine rings is 1. The van der Waals surface area contributed by atoms with Crippen LogP contribution in [0, 0.1) is 19.0 Å². The summed E-state index contributed by atoms with van der Waals surface area (Å²) in [5.74, 6) is 3.23. The predicted octanol–water partition coefficient (Wildman–Crippen LogP) is 3.60. The molecule has 0 atom stereocenters. The Morgan fingerprint density at radius 3 is 2.54 bits per heavy atom. The van der Waals surface area contributed by atoms with E-state index >= 15 is 0 Å². The normalized spacial score (nSPS) is 13.8. The summed E-state index contributed by atoms with van der Waals surface area (Å²) in [6, 6.07) is 18.0. The van der Waals surface area contributed by atoms with E-state index < -0.39 is 0 Å². The summed E-state index contributed by atoms with van der Waals surface area (Å²) in [4.78, 5) is 27.4. The number of fused-ring (bicyclic) bond motifs is 1. The zero-order valence-corrected chi connectivity index (χ0v) is 21.4. The maximum absolute atomic E-state index is 13.4. The minimum Gasteiger partial charge on any atom is -0.450 e. The van der Waals surface area contributed by atoms with Gasteiger partial charge in [-0.2, -0.15) is 4.98 Å². The van der Waals surface area contributed by atoms with E-state index in [1.165, 1.54) is 12.8 Å². The van der Waals surface area contributed by atoms with Crippen molar-refractivity contribution in [2.24, 2.45) is 0 Å². The number of benzene rings is 2. The van der Waals surface area contributed by atoms with E-state index in [9.17, 15) is 4.79 Å². The molecule has 0 bridgehead atoms. The first kappa shape index (κ1) is 24.3. The van der Waals surface area contributed by atoms with E-state index in [0.29, 0.717) is 23.7 Å². The molecule has 1 aliphatic rings. The van der Waals surface area contributed by atoms with E-state index in [1.807, 2.05) is 43.3 Å². The van der Waals surface area contributed by atoms with Crippen molar-refractivity contribution < 1.29 is 4.74 Å². The summed E-state index contributed by atoms with van der Waals surface area (Å²) >= 11 is 0. The minimum atomic E-state index is -0.221. The first-order valence-electron chi connectivity index (χ1n) is 12.3. The van der Waals surface area contributed by atoms with Gasteiger partial charge in [0.2, 0.25) is 5.95 Å². The Labute approximate surface area is 216 Å². The number of rotatable bonds is 5. The predicted molar refractivity (Wildman–Crippen MR) is 147 cm³/mol. The minimum absolute atomic E-state index is 0.221. The summed E-state index contributed by atoms with van der Waals surface area (Å²) < 4.78 is 6.53. The van der Waals surface area contributed by atoms with E-state index in [1.54, 1.807) is 16.8 Å². The van der Waals surface area contributed by atoms with Gasteiger partial charge in [-0.15, -0.1) is 0 Å². The number of pyridine rings is 1. The summed E-state index contributed by atoms with van der Waals surface area (Å²) in [5, 5.41) is 4.02. The van der Waals surface area contributed by atoms with Crippen molar-refractivity contribution in [2.45, 2.75) is 13.5 Å². The van der Waals surface area contributed by atoms with Gasteiger partial charge < -0.3 is 19.9 Å². The molecule has 1 saturated heterocycles. The van der Waals surface area contributed by atoms with Crippen LogP contribution in [0.25, 0.3) is 11.0 Å². The van der Waals surface area contributed by atoms with Crippen LogP contribution in [0.1, 0.15) is 16.7 Å². The highest BCUT2D eigenvalue weighted by Crippen LogP contribution is 2.22. The van der Waals surface area contributed by atoms with Crippen molar-refractivity contribution >= 4 is 28.4 Å². The van der Waals surface area contributed by atoms with Crippen molar-refractivity contribution in [2.75, 3.05) is 50.6 Å². The van der Waals surface area contributed by atoms with Crippen molar-refractivity contribution in [1.29, 1.82) is 0 Å². The number of likely N-dealkylation sites (N-methyl/N-ethyl adjacent to an activating group) is 1. The Hall–Kier alpha value is -4.35. The van der Waals surface area contributed by atoms with Gasteiger partial charge in [0, 0.05) is 49.1 Å². The molecular weight excluding hydrogens is 464 g/mol. The first-order chi connectivity index (χ1) is 18.0. The smallest absolute Gasteiger partial charge is 0.268 e. The standard InChI is InChI=1S/C29H30N6O2/c1-21-6-4-5-7-23(21)20-35-27-24(18-22(28(35)36)12-17-37-3)19-30-29(32-27)31-25-8-10-26(11-9-25)34-15-13-33(2)14-16-34/h4-11,18-19H,13-16,20H2,1-3H3,(H,30,31,32). The number of nitrogens with one attached hydrogen (secondary N) is 1. The van der Waals surface area contributed by atoms with Crippen molar-refractivity contribution in [3.8, 4) is 12.0 Å². The molecule has 3 heterocycles. The number of aromatic nitrogens is 3. The Morgan fingerprint density at radius 2 is 1.81 bits per heavy atom. The van der Waals surface area contributed by atoms with Crippen LogP contribution in [-0.4, -0.2) is 59.8 Å². The van der Waals surface area contributed by atoms with Gasteiger partial charge in [0.1, 0.15) is 11.8 Å². The Balaban J connectivity index is 1.47. The molecule has 5 rings (SSSR count). The third-order valence-corrected chi connectivity index (χ3v) is 6.70. The van der Waals surface area contributed by atoms with Crippen LogP contribution in [0.15, 0.2) is 65.6 Å². The number of methoxy groups -OCH3 is 1. The van der Waals surface area contributed by atoms with Crippen LogP contribution in [0.4, 0.5) is 17.3 Å². The molecule has 8 nitrogen and oxygen atoms in total. The lowest BCUT2D eigenvalue weighted by atomic mass is 10.1. The molecule has 0 unspecified atom stereocenters. The van der Waals surface area contributed by atoms with Gasteiger partial charge in [0.25, 0.3) is 5.56 Å².